The first-order chi connectivity index (χ1) is 10.8. The Labute approximate surface area is 145 Å². The van der Waals surface area contributed by atoms with Crippen LogP contribution in [0.4, 0.5) is 13.2 Å². The zero-order valence-electron chi connectivity index (χ0n) is 13.6. The van der Waals surface area contributed by atoms with E-state index in [1.165, 1.54) is 16.7 Å². The van der Waals surface area contributed by atoms with Crippen molar-refractivity contribution >= 4 is 24.2 Å². The lowest BCUT2D eigenvalue weighted by Crippen LogP contribution is -2.58. The maximum absolute atomic E-state index is 13.3. The van der Waals surface area contributed by atoms with Gasteiger partial charge in [-0.3, -0.25) is 14.5 Å². The molecule has 2 aliphatic rings. The summed E-state index contributed by atoms with van der Waals surface area (Å²) in [5, 5.41) is 5.41. The normalized spacial score (nSPS) is 23.5. The monoisotopic (exact) mass is 372 g/mol. The molecule has 0 saturated carbocycles. The van der Waals surface area contributed by atoms with Crippen LogP contribution >= 0.6 is 12.4 Å². The average Bonchev–Trinajstić information content (AvgIpc) is 2.96. The molecule has 24 heavy (non-hydrogen) atoms. The molecule has 0 aliphatic carbocycles. The minimum absolute atomic E-state index is 0. The number of nitrogens with one attached hydrogen (secondary N) is 2. The Kier molecular flexibility index (Phi) is 7.75. The molecule has 2 amide bonds. The number of carbonyl (C=O) groups is 2. The van der Waals surface area contributed by atoms with Crippen molar-refractivity contribution in [1.82, 2.24) is 20.4 Å². The van der Waals surface area contributed by atoms with E-state index in [1.807, 2.05) is 0 Å². The number of hydrogen-bond acceptors (Lipinski definition) is 4. The highest BCUT2D eigenvalue weighted by Gasteiger charge is 2.44. The topological polar surface area (TPSA) is 64.7 Å². The highest BCUT2D eigenvalue weighted by atomic mass is 35.5. The van der Waals surface area contributed by atoms with Crippen LogP contribution in [0.2, 0.25) is 0 Å². The van der Waals surface area contributed by atoms with Crippen molar-refractivity contribution in [3.63, 3.8) is 0 Å². The van der Waals surface area contributed by atoms with E-state index in [-0.39, 0.29) is 18.3 Å². The lowest BCUT2D eigenvalue weighted by Gasteiger charge is -2.36. The molecular weight excluding hydrogens is 349 g/mol. The highest BCUT2D eigenvalue weighted by Crippen LogP contribution is 2.25. The molecule has 0 aromatic carbocycles. The summed E-state index contributed by atoms with van der Waals surface area (Å²) < 4.78 is 39.8. The zero-order chi connectivity index (χ0) is 17.0. The van der Waals surface area contributed by atoms with Crippen LogP contribution < -0.4 is 10.6 Å². The van der Waals surface area contributed by atoms with Gasteiger partial charge < -0.3 is 15.5 Å². The minimum Gasteiger partial charge on any atom is -0.352 e. The second kappa shape index (κ2) is 8.87. The second-order valence-electron chi connectivity index (χ2n) is 5.96. The van der Waals surface area contributed by atoms with Crippen LogP contribution in [-0.4, -0.2) is 79.1 Å². The van der Waals surface area contributed by atoms with Crippen LogP contribution in [0.3, 0.4) is 0 Å². The Morgan fingerprint density at radius 2 is 1.88 bits per heavy atom. The third-order valence-electron chi connectivity index (χ3n) is 4.40. The summed E-state index contributed by atoms with van der Waals surface area (Å²) in [5.74, 6) is -0.723. The van der Waals surface area contributed by atoms with Crippen molar-refractivity contribution in [3.8, 4) is 0 Å². The Balaban J connectivity index is 0.00000288. The molecule has 0 bridgehead atoms. The van der Waals surface area contributed by atoms with Gasteiger partial charge in [0.1, 0.15) is 12.1 Å². The zero-order valence-corrected chi connectivity index (χ0v) is 14.4. The third-order valence-corrected chi connectivity index (χ3v) is 4.40. The molecule has 2 rings (SSSR count). The van der Waals surface area contributed by atoms with E-state index >= 15 is 0 Å². The molecule has 2 N–H and O–H groups in total. The molecule has 2 aliphatic heterocycles. The molecule has 0 aromatic heterocycles. The molecule has 6 nitrogen and oxygen atoms in total. The molecule has 0 spiro atoms. The highest BCUT2D eigenvalue weighted by molar-refractivity contribution is 5.87. The lowest BCUT2D eigenvalue weighted by atomic mass is 10.1. The summed E-state index contributed by atoms with van der Waals surface area (Å²) in [4.78, 5) is 26.4. The summed E-state index contributed by atoms with van der Waals surface area (Å²) in [5.41, 5.74) is 0. The number of nitrogens with zero attached hydrogens (tertiary/aromatic N) is 2. The Hall–Kier alpha value is -1.06. The van der Waals surface area contributed by atoms with Gasteiger partial charge in [0.2, 0.25) is 11.8 Å². The SMILES string of the molecule is CC(=O)N1CCCC1C(=O)NCC(N1CCNCC1)C(F)(F)F.Cl. The van der Waals surface area contributed by atoms with Crippen molar-refractivity contribution in [2.45, 2.75) is 38.0 Å². The number of halogens is 4. The Bertz CT molecular complexity index is 444. The number of piperazine rings is 1. The van der Waals surface area contributed by atoms with Crippen molar-refractivity contribution in [3.05, 3.63) is 0 Å². The van der Waals surface area contributed by atoms with Crippen LogP contribution in [0.25, 0.3) is 0 Å². The van der Waals surface area contributed by atoms with Crippen LogP contribution in [0.5, 0.6) is 0 Å². The number of amides is 2. The standard InChI is InChI=1S/C14H23F3N4O2.ClH/c1-10(22)21-6-2-3-11(21)13(23)19-9-12(14(15,16)17)20-7-4-18-5-8-20;/h11-12,18H,2-9H2,1H3,(H,19,23);1H. The fourth-order valence-corrected chi connectivity index (χ4v) is 3.18. The lowest BCUT2D eigenvalue weighted by molar-refractivity contribution is -0.184. The van der Waals surface area contributed by atoms with E-state index in [0.717, 1.165) is 0 Å². The van der Waals surface area contributed by atoms with Gasteiger partial charge in [0.15, 0.2) is 0 Å². The molecular formula is C14H24ClF3N4O2. The van der Waals surface area contributed by atoms with Gasteiger partial charge in [-0.1, -0.05) is 0 Å². The molecule has 10 heteroatoms. The minimum atomic E-state index is -4.40. The van der Waals surface area contributed by atoms with Gasteiger partial charge in [0.25, 0.3) is 0 Å². The third kappa shape index (κ3) is 5.22. The van der Waals surface area contributed by atoms with Gasteiger partial charge in [0.05, 0.1) is 0 Å². The molecule has 0 aromatic rings. The number of rotatable bonds is 4. The van der Waals surface area contributed by atoms with E-state index in [9.17, 15) is 22.8 Å². The van der Waals surface area contributed by atoms with Crippen LogP contribution in [-0.2, 0) is 9.59 Å². The van der Waals surface area contributed by atoms with Crippen LogP contribution in [0, 0.1) is 0 Å². The fourth-order valence-electron chi connectivity index (χ4n) is 3.18. The van der Waals surface area contributed by atoms with Crippen molar-refractivity contribution in [2.24, 2.45) is 0 Å². The van der Waals surface area contributed by atoms with Crippen molar-refractivity contribution in [2.75, 3.05) is 39.3 Å². The van der Waals surface area contributed by atoms with Gasteiger partial charge in [-0.15, -0.1) is 12.4 Å². The van der Waals surface area contributed by atoms with Gasteiger partial charge in [-0.2, -0.15) is 13.2 Å². The van der Waals surface area contributed by atoms with Crippen LogP contribution in [0.1, 0.15) is 19.8 Å². The first kappa shape index (κ1) is 21.0. The number of carbonyl (C=O) groups excluding carboxylic acids is 2. The molecule has 140 valence electrons. The predicted octanol–water partition coefficient (Wildman–Crippen LogP) is 0.371. The fraction of sp³-hybridized carbons (Fsp3) is 0.857. The van der Waals surface area contributed by atoms with E-state index < -0.39 is 30.7 Å². The van der Waals surface area contributed by atoms with E-state index in [2.05, 4.69) is 10.6 Å². The van der Waals surface area contributed by atoms with E-state index in [1.54, 1.807) is 0 Å². The summed E-state index contributed by atoms with van der Waals surface area (Å²) in [6, 6.07) is -2.34. The van der Waals surface area contributed by atoms with Gasteiger partial charge in [-0.05, 0) is 12.8 Å². The second-order valence-corrected chi connectivity index (χ2v) is 5.96. The molecule has 2 heterocycles. The quantitative estimate of drug-likeness (QED) is 0.748. The Morgan fingerprint density at radius 3 is 2.42 bits per heavy atom. The van der Waals surface area contributed by atoms with Crippen molar-refractivity contribution < 1.29 is 22.8 Å². The van der Waals surface area contributed by atoms with Gasteiger partial charge >= 0.3 is 6.18 Å². The van der Waals surface area contributed by atoms with E-state index in [0.29, 0.717) is 45.6 Å². The number of likely N-dealkylation sites (tertiary alicyclic amines) is 1. The first-order valence-corrected chi connectivity index (χ1v) is 7.87. The summed E-state index contributed by atoms with van der Waals surface area (Å²) in [6.07, 6.45) is -3.21. The summed E-state index contributed by atoms with van der Waals surface area (Å²) in [6.45, 7) is 2.96. The summed E-state index contributed by atoms with van der Waals surface area (Å²) >= 11 is 0. The maximum Gasteiger partial charge on any atom is 0.405 e. The van der Waals surface area contributed by atoms with Gasteiger partial charge in [0, 0.05) is 46.2 Å². The molecule has 2 saturated heterocycles. The summed E-state index contributed by atoms with van der Waals surface area (Å²) in [7, 11) is 0. The van der Waals surface area contributed by atoms with E-state index in [4.69, 9.17) is 0 Å². The first-order valence-electron chi connectivity index (χ1n) is 7.87. The maximum atomic E-state index is 13.3. The number of hydrogen-bond donors (Lipinski definition) is 2. The molecule has 2 fully saturated rings. The van der Waals surface area contributed by atoms with Crippen molar-refractivity contribution in [1.29, 1.82) is 0 Å². The van der Waals surface area contributed by atoms with Crippen LogP contribution in [0.15, 0.2) is 0 Å². The molecule has 2 atom stereocenters. The Morgan fingerprint density at radius 1 is 1.25 bits per heavy atom. The van der Waals surface area contributed by atoms with Gasteiger partial charge in [-0.25, -0.2) is 0 Å². The molecule has 0 radical (unpaired) electrons. The average molecular weight is 373 g/mol. The smallest absolute Gasteiger partial charge is 0.352 e. The predicted molar refractivity (Wildman–Crippen MR) is 85.0 cm³/mol. The largest absolute Gasteiger partial charge is 0.405 e. The molecule has 2 unspecified atom stereocenters. The number of alkyl halides is 3.